The van der Waals surface area contributed by atoms with Crippen molar-refractivity contribution in [3.63, 3.8) is 0 Å². The van der Waals surface area contributed by atoms with Gasteiger partial charge in [0.05, 0.1) is 13.5 Å². The molecule has 0 amide bonds. The smallest absolute Gasteiger partial charge is 0.331 e. The van der Waals surface area contributed by atoms with E-state index in [1.165, 1.54) is 18.4 Å². The molecule has 0 radical (unpaired) electrons. The van der Waals surface area contributed by atoms with Gasteiger partial charge in [-0.3, -0.25) is 15.3 Å². The molecule has 0 aliphatic rings. The van der Waals surface area contributed by atoms with Crippen LogP contribution in [0, 0.1) is 0 Å². The second-order valence-corrected chi connectivity index (χ2v) is 3.91. The lowest BCUT2D eigenvalue weighted by Gasteiger charge is -1.98. The molecule has 0 saturated carbocycles. The third-order valence-electron chi connectivity index (χ3n) is 1.89. The number of carbonyl (C=O) groups excluding carboxylic acids is 2. The first-order valence-corrected chi connectivity index (χ1v) is 5.32. The number of nitrogen functional groups attached to an aromatic ring is 1. The van der Waals surface area contributed by atoms with Crippen LogP contribution in [0.4, 0.5) is 5.13 Å². The number of nitrogens with zero attached hydrogens (tertiary/aromatic N) is 1. The summed E-state index contributed by atoms with van der Waals surface area (Å²) in [6.45, 7) is 0.215. The summed E-state index contributed by atoms with van der Waals surface area (Å²) in [6, 6.07) is 0. The number of thiazole rings is 1. The molecular formula is C9H13N2O3S+. The van der Waals surface area contributed by atoms with Crippen LogP contribution in [0.5, 0.6) is 0 Å². The molecule has 2 N–H and O–H groups in total. The maximum atomic E-state index is 11.4. The van der Waals surface area contributed by atoms with Crippen molar-refractivity contribution in [2.24, 2.45) is 0 Å². The molecule has 0 atom stereocenters. The molecule has 6 heteroatoms. The largest absolute Gasteiger partial charge is 0.469 e. The number of anilines is 1. The number of rotatable bonds is 5. The van der Waals surface area contributed by atoms with E-state index in [1.807, 2.05) is 5.38 Å². The zero-order chi connectivity index (χ0) is 11.3. The molecule has 1 aromatic heterocycles. The fourth-order valence-corrected chi connectivity index (χ4v) is 1.67. The molecule has 0 aliphatic carbocycles. The Balaban J connectivity index is 2.37. The predicted molar refractivity (Wildman–Crippen MR) is 55.2 cm³/mol. The van der Waals surface area contributed by atoms with Crippen LogP contribution < -0.4 is 10.3 Å². The van der Waals surface area contributed by atoms with Crippen molar-refractivity contribution in [2.45, 2.75) is 19.4 Å². The van der Waals surface area contributed by atoms with Crippen LogP contribution >= 0.6 is 11.3 Å². The molecule has 0 aromatic carbocycles. The normalized spacial score (nSPS) is 9.93. The van der Waals surface area contributed by atoms with Crippen molar-refractivity contribution < 1.29 is 18.9 Å². The fourth-order valence-electron chi connectivity index (χ4n) is 1.06. The fraction of sp³-hybridized carbons (Fsp3) is 0.444. The number of hydrogen-bond acceptors (Lipinski definition) is 5. The second-order valence-electron chi connectivity index (χ2n) is 2.98. The van der Waals surface area contributed by atoms with Gasteiger partial charge >= 0.3 is 11.1 Å². The molecule has 5 nitrogen and oxygen atoms in total. The van der Waals surface area contributed by atoms with Crippen LogP contribution in [0.2, 0.25) is 0 Å². The van der Waals surface area contributed by atoms with Gasteiger partial charge < -0.3 is 4.74 Å². The zero-order valence-corrected chi connectivity index (χ0v) is 9.25. The summed E-state index contributed by atoms with van der Waals surface area (Å²) >= 11 is 1.37. The molecule has 82 valence electrons. The van der Waals surface area contributed by atoms with E-state index >= 15 is 0 Å². The van der Waals surface area contributed by atoms with E-state index < -0.39 is 0 Å². The van der Waals surface area contributed by atoms with E-state index in [2.05, 4.69) is 4.74 Å². The molecule has 1 rings (SSSR count). The maximum absolute atomic E-state index is 11.4. The number of nitrogens with two attached hydrogens (primary N) is 1. The Bertz CT molecular complexity index is 362. The van der Waals surface area contributed by atoms with Crippen molar-refractivity contribution in [2.75, 3.05) is 12.8 Å². The molecule has 0 spiro atoms. The first kappa shape index (κ1) is 11.6. The summed E-state index contributed by atoms with van der Waals surface area (Å²) in [5.74, 6) is -0.401. The van der Waals surface area contributed by atoms with Gasteiger partial charge in [0.25, 0.3) is 0 Å². The number of ketones is 1. The van der Waals surface area contributed by atoms with Gasteiger partial charge in [-0.05, 0) is 0 Å². The molecule has 15 heavy (non-hydrogen) atoms. The Hall–Kier alpha value is -1.43. The SMILES string of the molecule is COC(=O)CCC(=O)C[n+]1ccsc1N. The average molecular weight is 229 g/mol. The van der Waals surface area contributed by atoms with Gasteiger partial charge in [-0.2, -0.15) is 0 Å². The van der Waals surface area contributed by atoms with Crippen LogP contribution in [-0.2, 0) is 20.9 Å². The maximum Gasteiger partial charge on any atom is 0.331 e. The van der Waals surface area contributed by atoms with Crippen molar-refractivity contribution >= 4 is 28.2 Å². The van der Waals surface area contributed by atoms with Gasteiger partial charge in [-0.1, -0.05) is 11.3 Å². The minimum atomic E-state index is -0.369. The molecule has 0 saturated heterocycles. The van der Waals surface area contributed by atoms with E-state index in [0.29, 0.717) is 5.13 Å². The number of hydrogen-bond donors (Lipinski definition) is 1. The summed E-state index contributed by atoms with van der Waals surface area (Å²) in [4.78, 5) is 22.2. The Labute approximate surface area is 91.5 Å². The molecule has 1 heterocycles. The first-order valence-electron chi connectivity index (χ1n) is 4.44. The molecule has 0 fully saturated rings. The van der Waals surface area contributed by atoms with Crippen LogP contribution in [0.15, 0.2) is 11.6 Å². The number of ether oxygens (including phenoxy) is 1. The van der Waals surface area contributed by atoms with Crippen LogP contribution in [0.1, 0.15) is 12.8 Å². The molecular weight excluding hydrogens is 216 g/mol. The number of aromatic nitrogens is 1. The number of Topliss-reactive ketones (excluding diaryl/α,β-unsaturated/α-hetero) is 1. The van der Waals surface area contributed by atoms with Crippen LogP contribution in [-0.4, -0.2) is 18.9 Å². The van der Waals surface area contributed by atoms with Gasteiger partial charge in [-0.25, -0.2) is 4.57 Å². The molecule has 0 aliphatic heterocycles. The first-order chi connectivity index (χ1) is 7.13. The Morgan fingerprint density at radius 3 is 2.80 bits per heavy atom. The lowest BCUT2D eigenvalue weighted by Crippen LogP contribution is -2.38. The number of carbonyl (C=O) groups is 2. The summed E-state index contributed by atoms with van der Waals surface area (Å²) in [5, 5.41) is 2.39. The molecule has 0 bridgehead atoms. The van der Waals surface area contributed by atoms with E-state index in [4.69, 9.17) is 5.73 Å². The summed E-state index contributed by atoms with van der Waals surface area (Å²) < 4.78 is 6.10. The number of methoxy groups -OCH3 is 1. The van der Waals surface area contributed by atoms with E-state index in [0.717, 1.165) is 0 Å². The lowest BCUT2D eigenvalue weighted by molar-refractivity contribution is -0.665. The van der Waals surface area contributed by atoms with Gasteiger partial charge in [0, 0.05) is 11.8 Å². The second kappa shape index (κ2) is 5.45. The van der Waals surface area contributed by atoms with Crippen LogP contribution in [0.25, 0.3) is 0 Å². The standard InChI is InChI=1S/C9H12N2O3S/c1-14-8(13)3-2-7(12)6-11-4-5-15-9(11)10/h4-5,10H,2-3,6H2,1H3/p+1. The Kier molecular flexibility index (Phi) is 4.23. The lowest BCUT2D eigenvalue weighted by atomic mass is 10.2. The Morgan fingerprint density at radius 1 is 1.53 bits per heavy atom. The van der Waals surface area contributed by atoms with Gasteiger partial charge in [0.15, 0.2) is 5.78 Å². The van der Waals surface area contributed by atoms with Crippen molar-refractivity contribution in [1.29, 1.82) is 0 Å². The van der Waals surface area contributed by atoms with E-state index in [1.54, 1.807) is 10.8 Å². The summed E-state index contributed by atoms with van der Waals surface area (Å²) in [6.07, 6.45) is 2.06. The quantitative estimate of drug-likeness (QED) is 0.576. The van der Waals surface area contributed by atoms with E-state index in [9.17, 15) is 9.59 Å². The van der Waals surface area contributed by atoms with E-state index in [-0.39, 0.29) is 31.1 Å². The van der Waals surface area contributed by atoms with Gasteiger partial charge in [0.1, 0.15) is 12.7 Å². The predicted octanol–water partition coefficient (Wildman–Crippen LogP) is 0.140. The average Bonchev–Trinajstić information content (AvgIpc) is 2.61. The third kappa shape index (κ3) is 3.67. The summed E-state index contributed by atoms with van der Waals surface area (Å²) in [7, 11) is 1.30. The monoisotopic (exact) mass is 229 g/mol. The van der Waals surface area contributed by atoms with Gasteiger partial charge in [0.2, 0.25) is 0 Å². The van der Waals surface area contributed by atoms with Crippen molar-refractivity contribution in [1.82, 2.24) is 0 Å². The molecule has 0 unspecified atom stereocenters. The summed E-state index contributed by atoms with van der Waals surface area (Å²) in [5.41, 5.74) is 5.61. The van der Waals surface area contributed by atoms with Crippen molar-refractivity contribution in [3.05, 3.63) is 11.6 Å². The van der Waals surface area contributed by atoms with Crippen molar-refractivity contribution in [3.8, 4) is 0 Å². The van der Waals surface area contributed by atoms with Crippen LogP contribution in [0.3, 0.4) is 0 Å². The number of esters is 1. The minimum absolute atomic E-state index is 0.0319. The third-order valence-corrected chi connectivity index (χ3v) is 2.63. The Morgan fingerprint density at radius 2 is 2.27 bits per heavy atom. The van der Waals surface area contributed by atoms with Gasteiger partial charge in [-0.15, -0.1) is 0 Å². The topological polar surface area (TPSA) is 73.3 Å². The highest BCUT2D eigenvalue weighted by Gasteiger charge is 2.12. The highest BCUT2D eigenvalue weighted by atomic mass is 32.1. The minimum Gasteiger partial charge on any atom is -0.469 e. The highest BCUT2D eigenvalue weighted by Crippen LogP contribution is 2.03. The zero-order valence-electron chi connectivity index (χ0n) is 8.43. The highest BCUT2D eigenvalue weighted by molar-refractivity contribution is 7.12. The molecule has 1 aromatic rings.